The third kappa shape index (κ3) is 2.59. The molecule has 2 fully saturated rings. The third-order valence-electron chi connectivity index (χ3n) is 4.77. The standard InChI is InChI=1S/C16H20F2O2/c17-15(18)12-4-2-11(3-5-12)14(19)13-6-9-20-16(10-13)7-1-8-16/h2-5,13-15,19H,1,6-10H2. The molecule has 1 saturated carbocycles. The first-order chi connectivity index (χ1) is 9.60. The minimum Gasteiger partial charge on any atom is -0.388 e. The van der Waals surface area contributed by atoms with Gasteiger partial charge in [-0.1, -0.05) is 24.3 Å². The van der Waals surface area contributed by atoms with Crippen molar-refractivity contribution in [1.82, 2.24) is 0 Å². The molecule has 1 N–H and O–H groups in total. The molecule has 0 bridgehead atoms. The number of aliphatic hydroxyl groups is 1. The van der Waals surface area contributed by atoms with Crippen LogP contribution in [0.4, 0.5) is 8.78 Å². The van der Waals surface area contributed by atoms with Crippen LogP contribution in [0, 0.1) is 5.92 Å². The zero-order valence-corrected chi connectivity index (χ0v) is 11.4. The summed E-state index contributed by atoms with van der Waals surface area (Å²) in [6.07, 6.45) is 2.04. The summed E-state index contributed by atoms with van der Waals surface area (Å²) < 4.78 is 30.9. The monoisotopic (exact) mass is 282 g/mol. The topological polar surface area (TPSA) is 29.5 Å². The highest BCUT2D eigenvalue weighted by atomic mass is 19.3. The highest BCUT2D eigenvalue weighted by molar-refractivity contribution is 5.25. The fourth-order valence-corrected chi connectivity index (χ4v) is 3.37. The normalized spacial score (nSPS) is 26.5. The molecule has 3 rings (SSSR count). The fraction of sp³-hybridized carbons (Fsp3) is 0.625. The van der Waals surface area contributed by atoms with E-state index < -0.39 is 12.5 Å². The lowest BCUT2D eigenvalue weighted by Gasteiger charge is -2.48. The Morgan fingerprint density at radius 1 is 1.15 bits per heavy atom. The van der Waals surface area contributed by atoms with Crippen LogP contribution >= 0.6 is 0 Å². The molecule has 1 aromatic carbocycles. The maximum atomic E-state index is 12.5. The van der Waals surface area contributed by atoms with Crippen LogP contribution in [0.1, 0.15) is 55.8 Å². The van der Waals surface area contributed by atoms with Crippen molar-refractivity contribution in [1.29, 1.82) is 0 Å². The van der Waals surface area contributed by atoms with Crippen LogP contribution in [-0.4, -0.2) is 17.3 Å². The molecule has 2 nitrogen and oxygen atoms in total. The Hall–Kier alpha value is -1.00. The van der Waals surface area contributed by atoms with E-state index in [0.717, 1.165) is 31.2 Å². The van der Waals surface area contributed by atoms with Crippen molar-refractivity contribution in [3.8, 4) is 0 Å². The van der Waals surface area contributed by atoms with Gasteiger partial charge in [-0.05, 0) is 43.6 Å². The Balaban J connectivity index is 1.69. The quantitative estimate of drug-likeness (QED) is 0.907. The summed E-state index contributed by atoms with van der Waals surface area (Å²) >= 11 is 0. The van der Waals surface area contributed by atoms with Crippen molar-refractivity contribution < 1.29 is 18.6 Å². The van der Waals surface area contributed by atoms with E-state index in [1.54, 1.807) is 12.1 Å². The second-order valence-corrected chi connectivity index (χ2v) is 6.05. The van der Waals surface area contributed by atoms with E-state index in [0.29, 0.717) is 6.61 Å². The molecule has 1 heterocycles. The van der Waals surface area contributed by atoms with Crippen molar-refractivity contribution in [2.45, 2.75) is 50.2 Å². The summed E-state index contributed by atoms with van der Waals surface area (Å²) in [6.45, 7) is 0.691. The number of hydrogen-bond acceptors (Lipinski definition) is 2. The summed E-state index contributed by atoms with van der Waals surface area (Å²) in [5, 5.41) is 10.5. The van der Waals surface area contributed by atoms with E-state index in [9.17, 15) is 13.9 Å². The summed E-state index contributed by atoms with van der Waals surface area (Å²) in [6, 6.07) is 6.05. The van der Waals surface area contributed by atoms with Gasteiger partial charge in [0.05, 0.1) is 11.7 Å². The number of hydrogen-bond donors (Lipinski definition) is 1. The maximum absolute atomic E-state index is 12.5. The number of alkyl halides is 2. The van der Waals surface area contributed by atoms with Crippen LogP contribution < -0.4 is 0 Å². The molecule has 0 aromatic heterocycles. The molecule has 20 heavy (non-hydrogen) atoms. The van der Waals surface area contributed by atoms with Crippen LogP contribution in [0.2, 0.25) is 0 Å². The molecule has 110 valence electrons. The van der Waals surface area contributed by atoms with Crippen molar-refractivity contribution in [2.24, 2.45) is 5.92 Å². The van der Waals surface area contributed by atoms with Gasteiger partial charge in [0.15, 0.2) is 0 Å². The third-order valence-corrected chi connectivity index (χ3v) is 4.77. The van der Waals surface area contributed by atoms with Gasteiger partial charge in [0.2, 0.25) is 0 Å². The van der Waals surface area contributed by atoms with Crippen LogP contribution in [0.3, 0.4) is 0 Å². The van der Waals surface area contributed by atoms with Crippen molar-refractivity contribution in [3.63, 3.8) is 0 Å². The highest BCUT2D eigenvalue weighted by Gasteiger charge is 2.44. The van der Waals surface area contributed by atoms with Gasteiger partial charge in [-0.2, -0.15) is 0 Å². The minimum atomic E-state index is -2.46. The highest BCUT2D eigenvalue weighted by Crippen LogP contribution is 2.47. The molecule has 1 aliphatic heterocycles. The van der Waals surface area contributed by atoms with Crippen molar-refractivity contribution in [3.05, 3.63) is 35.4 Å². The van der Waals surface area contributed by atoms with Gasteiger partial charge in [0.25, 0.3) is 6.43 Å². The zero-order valence-electron chi connectivity index (χ0n) is 11.4. The SMILES string of the molecule is OC(c1ccc(C(F)F)cc1)C1CCOC2(CCC2)C1. The van der Waals surface area contributed by atoms with E-state index in [1.807, 2.05) is 0 Å². The molecule has 2 unspecified atom stereocenters. The Morgan fingerprint density at radius 3 is 2.35 bits per heavy atom. The van der Waals surface area contributed by atoms with Gasteiger partial charge < -0.3 is 9.84 Å². The van der Waals surface area contributed by atoms with Crippen molar-refractivity contribution in [2.75, 3.05) is 6.61 Å². The summed E-state index contributed by atoms with van der Waals surface area (Å²) in [4.78, 5) is 0. The average molecular weight is 282 g/mol. The van der Waals surface area contributed by atoms with E-state index in [2.05, 4.69) is 0 Å². The summed E-state index contributed by atoms with van der Waals surface area (Å²) in [5.74, 6) is 0.168. The smallest absolute Gasteiger partial charge is 0.263 e. The molecule has 1 spiro atoms. The Labute approximate surface area is 117 Å². The predicted molar refractivity (Wildman–Crippen MR) is 71.6 cm³/mol. The number of rotatable bonds is 3. The molecule has 1 aromatic rings. The minimum absolute atomic E-state index is 0.00314. The Kier molecular flexibility index (Phi) is 3.78. The van der Waals surface area contributed by atoms with Crippen LogP contribution in [0.5, 0.6) is 0 Å². The Morgan fingerprint density at radius 2 is 1.80 bits per heavy atom. The van der Waals surface area contributed by atoms with E-state index >= 15 is 0 Å². The Bertz CT molecular complexity index is 454. The number of ether oxygens (including phenoxy) is 1. The predicted octanol–water partition coefficient (Wildman–Crippen LogP) is 4.01. The molecule has 0 radical (unpaired) electrons. The molecular weight excluding hydrogens is 262 g/mol. The lowest BCUT2D eigenvalue weighted by Crippen LogP contribution is -2.46. The first kappa shape index (κ1) is 14.0. The second kappa shape index (κ2) is 5.41. The van der Waals surface area contributed by atoms with Crippen LogP contribution in [-0.2, 0) is 4.74 Å². The van der Waals surface area contributed by atoms with Gasteiger partial charge in [0.1, 0.15) is 0 Å². The van der Waals surface area contributed by atoms with Gasteiger partial charge in [0, 0.05) is 12.2 Å². The molecular formula is C16H20F2O2. The van der Waals surface area contributed by atoms with E-state index in [1.165, 1.54) is 18.6 Å². The summed E-state index contributed by atoms with van der Waals surface area (Å²) in [5.41, 5.74) is 0.728. The molecule has 1 saturated heterocycles. The zero-order chi connectivity index (χ0) is 14.2. The first-order valence-electron chi connectivity index (χ1n) is 7.30. The molecule has 2 atom stereocenters. The lowest BCUT2D eigenvalue weighted by atomic mass is 9.70. The fourth-order valence-electron chi connectivity index (χ4n) is 3.37. The molecule has 4 heteroatoms. The van der Waals surface area contributed by atoms with Gasteiger partial charge >= 0.3 is 0 Å². The van der Waals surface area contributed by atoms with E-state index in [-0.39, 0.29) is 17.1 Å². The first-order valence-corrected chi connectivity index (χ1v) is 7.30. The molecule has 2 aliphatic rings. The average Bonchev–Trinajstić information content (AvgIpc) is 2.45. The van der Waals surface area contributed by atoms with Crippen molar-refractivity contribution >= 4 is 0 Å². The number of aliphatic hydroxyl groups excluding tert-OH is 1. The number of halogens is 2. The molecule has 1 aliphatic carbocycles. The molecule has 0 amide bonds. The second-order valence-electron chi connectivity index (χ2n) is 6.05. The summed E-state index contributed by atoms with van der Waals surface area (Å²) in [7, 11) is 0. The van der Waals surface area contributed by atoms with Gasteiger partial charge in [-0.3, -0.25) is 0 Å². The van der Waals surface area contributed by atoms with Crippen LogP contribution in [0.25, 0.3) is 0 Å². The van der Waals surface area contributed by atoms with E-state index in [4.69, 9.17) is 4.74 Å². The maximum Gasteiger partial charge on any atom is 0.263 e. The van der Waals surface area contributed by atoms with Gasteiger partial charge in [-0.25, -0.2) is 8.78 Å². The largest absolute Gasteiger partial charge is 0.388 e. The lowest BCUT2D eigenvalue weighted by molar-refractivity contribution is -0.157. The van der Waals surface area contributed by atoms with Crippen LogP contribution in [0.15, 0.2) is 24.3 Å². The van der Waals surface area contributed by atoms with Gasteiger partial charge in [-0.15, -0.1) is 0 Å². The number of benzene rings is 1.